The Labute approximate surface area is 619 Å². The van der Waals surface area contributed by atoms with Gasteiger partial charge in [0, 0.05) is 67.5 Å². The third-order valence-electron chi connectivity index (χ3n) is 5.87. The third-order valence-corrected chi connectivity index (χ3v) is 7.87. The Bertz CT molecular complexity index is 2190. The van der Waals surface area contributed by atoms with Crippen molar-refractivity contribution >= 4 is 115 Å². The Morgan fingerprint density at radius 2 is 0.696 bits per heavy atom. The fraction of sp³-hybridized carbons (Fsp3) is 0.302. The van der Waals surface area contributed by atoms with E-state index in [0.29, 0.717) is 17.0 Å². The van der Waals surface area contributed by atoms with Gasteiger partial charge in [-0.05, 0) is 47.7 Å². The number of nitrogens with two attached hydrogens (primary N) is 1. The van der Waals surface area contributed by atoms with Gasteiger partial charge >= 0.3 is 140 Å². The van der Waals surface area contributed by atoms with Crippen LogP contribution in [0.3, 0.4) is 0 Å². The summed E-state index contributed by atoms with van der Waals surface area (Å²) in [5.74, 6) is 0.0874. The molecule has 0 amide bonds. The van der Waals surface area contributed by atoms with Crippen molar-refractivity contribution < 1.29 is 201 Å². The zero-order valence-corrected chi connectivity index (χ0v) is 62.6. The molecule has 0 saturated heterocycles. The Kier molecular flexibility index (Phi) is 119. The molecule has 0 aliphatic heterocycles. The number of nitrogens with zero attached hydrogens (tertiary/aromatic N) is 4. The van der Waals surface area contributed by atoms with Crippen molar-refractivity contribution in [3.63, 3.8) is 0 Å². The maximum Gasteiger partial charge on any atom is 1.00 e. The summed E-state index contributed by atoms with van der Waals surface area (Å²) in [6.07, 6.45) is 2.28. The van der Waals surface area contributed by atoms with E-state index in [1.165, 1.54) is 23.7 Å². The van der Waals surface area contributed by atoms with Crippen LogP contribution in [0.2, 0.25) is 0 Å². The van der Waals surface area contributed by atoms with Gasteiger partial charge in [-0.25, -0.2) is 21.0 Å². The van der Waals surface area contributed by atoms with E-state index in [2.05, 4.69) is 89.5 Å². The second kappa shape index (κ2) is 82.4. The molecule has 2 N–H and O–H groups in total. The molecule has 79 heavy (non-hydrogen) atoms. The van der Waals surface area contributed by atoms with E-state index in [-0.39, 0.29) is 188 Å². The minimum absolute atomic E-state index is 0. The van der Waals surface area contributed by atoms with Crippen LogP contribution in [0.25, 0.3) is 0 Å². The van der Waals surface area contributed by atoms with Crippen LogP contribution in [-0.2, 0) is 78.0 Å². The second-order valence-electron chi connectivity index (χ2n) is 11.8. The van der Waals surface area contributed by atoms with Crippen LogP contribution in [-0.4, -0.2) is 93.5 Å². The zero-order chi connectivity index (χ0) is 57.6. The first-order chi connectivity index (χ1) is 33.3. The first-order valence-corrected chi connectivity index (χ1v) is 27.8. The molecule has 0 atom stereocenters. The van der Waals surface area contributed by atoms with Gasteiger partial charge in [0.1, 0.15) is 0 Å². The SMILES string of the molecule is C.CCc1ccccc1.CCc1ccccc1.CN.C[N+](=O)[O-].C[N+](=O)[O-].C[N+](=O)[O-].C[N+](=O)[O-].ClCc1ccccc1.I.O=S(=O)(Cl)Cc1ccccc1.O=S(=O)([O-])Cc1ccccc1.O=S(Cl)Cl.O=[S-](=O)[O-].[B].[H-].[HH].[K+].[Na+].[Na+].[Na+]. The first-order valence-electron chi connectivity index (χ1n) is 19.4. The molecule has 5 aromatic rings. The van der Waals surface area contributed by atoms with E-state index < -0.39 is 64.8 Å². The fourth-order valence-corrected chi connectivity index (χ4v) is 5.29. The smallest absolute Gasteiger partial charge is 1.00 e. The summed E-state index contributed by atoms with van der Waals surface area (Å²) in [6, 6.07) is 48.1. The van der Waals surface area contributed by atoms with E-state index in [1.54, 1.807) is 54.6 Å². The molecule has 0 heterocycles. The quantitative estimate of drug-likeness (QED) is 0.0218. The van der Waals surface area contributed by atoms with E-state index in [1.807, 2.05) is 48.5 Å². The standard InChI is InChI=1S/2C8H10.C7H7ClO2S.C7H7Cl.C7H8O3S.4CH3NO2.CH5N.CH4.B.Cl2OS.HI.K.3Na.O3S.H2.H/c2*1-2-8-6-4-3-5-7-8;8-11(9,10)6-7-4-2-1-3-5-7;8-6-7-4-2-1-3-5-7;8-11(9,10)6-7-4-2-1-3-5-7;4*1-2(3)4;1-2;;;1-4(2)3;;;;;;1-4(2)3;;/h2*3-7H,2H2,1H3;1-5H,6H2;1-5H,6H2;1-5H,6H2,(H,8,9,10);4*1H3;2H2,1H3;1H4;;;1H;;;;;;1H;/q;;;;;;;;;;;;;;4*+1;-2;;-1/p-1. The number of aryl methyl sites for hydroxylation is 2. The van der Waals surface area contributed by atoms with E-state index in [9.17, 15) is 21.4 Å². The summed E-state index contributed by atoms with van der Waals surface area (Å²) < 4.78 is 86.3. The summed E-state index contributed by atoms with van der Waals surface area (Å²) in [5.41, 5.74) is 9.74. The van der Waals surface area contributed by atoms with Crippen molar-refractivity contribution in [3.8, 4) is 0 Å². The molecule has 0 spiro atoms. The van der Waals surface area contributed by atoms with Gasteiger partial charge in [0.05, 0.1) is 21.6 Å². The van der Waals surface area contributed by atoms with Crippen molar-refractivity contribution in [3.05, 3.63) is 220 Å². The van der Waals surface area contributed by atoms with Gasteiger partial charge in [-0.3, -0.25) is 40.5 Å². The molecule has 0 aliphatic carbocycles. The topological polar surface area (TPSA) is 364 Å². The number of benzene rings is 5. The van der Waals surface area contributed by atoms with Crippen LogP contribution in [0, 0.1) is 40.5 Å². The Hall–Kier alpha value is 0.171. The van der Waals surface area contributed by atoms with Crippen LogP contribution in [0.4, 0.5) is 0 Å². The molecule has 0 aliphatic rings. The van der Waals surface area contributed by atoms with Gasteiger partial charge in [0.25, 0.3) is 0 Å². The fourth-order valence-electron chi connectivity index (χ4n) is 3.55. The van der Waals surface area contributed by atoms with E-state index >= 15 is 0 Å². The molecule has 5 aromatic carbocycles. The third kappa shape index (κ3) is 144. The summed E-state index contributed by atoms with van der Waals surface area (Å²) in [4.78, 5) is 33.2. The number of alkyl halides is 1. The van der Waals surface area contributed by atoms with Crippen molar-refractivity contribution in [2.45, 2.75) is 51.5 Å². The predicted octanol–water partition coefficient (Wildman–Crippen LogP) is -1.73. The Balaban J connectivity index is -0.0000000413. The van der Waals surface area contributed by atoms with Crippen molar-refractivity contribution in [2.24, 2.45) is 5.73 Å². The Morgan fingerprint density at radius 3 is 0.810 bits per heavy atom. The average molecular weight is 1440 g/mol. The number of nitro groups is 4. The molecular formula is C43H66BCl4IKN5Na3O17S4. The van der Waals surface area contributed by atoms with E-state index in [0.717, 1.165) is 41.0 Å². The second-order valence-corrected chi connectivity index (χ2v) is 19.2. The zero-order valence-electron chi connectivity index (χ0n) is 45.9. The maximum absolute atomic E-state index is 10.6. The van der Waals surface area contributed by atoms with Crippen molar-refractivity contribution in [2.75, 3.05) is 35.2 Å². The van der Waals surface area contributed by atoms with Gasteiger partial charge < -0.3 is 24.7 Å². The summed E-state index contributed by atoms with van der Waals surface area (Å²) in [7, 11) is 6.81. The minimum atomic E-state index is -4.13. The molecular weight excluding hydrogens is 1370 g/mol. The molecule has 22 nitrogen and oxygen atoms in total. The molecule has 0 saturated carbocycles. The molecule has 5 rings (SSSR count). The monoisotopic (exact) mass is 1440 g/mol. The van der Waals surface area contributed by atoms with Gasteiger partial charge in [0.15, 0.2) is 28.2 Å². The summed E-state index contributed by atoms with van der Waals surface area (Å²) in [6.45, 7) is 4.32. The number of hydrogen-bond acceptors (Lipinski definition) is 19. The maximum atomic E-state index is 10.6. The minimum Gasteiger partial charge on any atom is -1.00 e. The van der Waals surface area contributed by atoms with Crippen LogP contribution in [0.1, 0.15) is 51.9 Å². The number of hydrogen-bond donors (Lipinski definition) is 1. The summed E-state index contributed by atoms with van der Waals surface area (Å²) in [5, 5.41) is 35.2. The van der Waals surface area contributed by atoms with Crippen molar-refractivity contribution in [1.82, 2.24) is 0 Å². The number of rotatable bonds is 7. The summed E-state index contributed by atoms with van der Waals surface area (Å²) >= 11 is 5.53. The van der Waals surface area contributed by atoms with Crippen molar-refractivity contribution in [1.29, 1.82) is 0 Å². The Morgan fingerprint density at radius 1 is 0.544 bits per heavy atom. The molecule has 431 valence electrons. The molecule has 0 bridgehead atoms. The predicted molar refractivity (Wildman–Crippen MR) is 315 cm³/mol. The molecule has 0 aromatic heterocycles. The molecule has 0 fully saturated rings. The largest absolute Gasteiger partial charge is 1.00 e. The van der Waals surface area contributed by atoms with Gasteiger partial charge in [-0.15, -0.1) is 35.6 Å². The van der Waals surface area contributed by atoms with Gasteiger partial charge in [-0.2, -0.15) is 11.0 Å². The van der Waals surface area contributed by atoms with Gasteiger partial charge in [0.2, 0.25) is 18.3 Å². The van der Waals surface area contributed by atoms with Crippen LogP contribution in [0.5, 0.6) is 0 Å². The van der Waals surface area contributed by atoms with Gasteiger partial charge in [-0.1, -0.05) is 173 Å². The molecule has 0 unspecified atom stereocenters. The normalized spacial score (nSPS) is 8.15. The van der Waals surface area contributed by atoms with Crippen LogP contribution in [0.15, 0.2) is 152 Å². The molecule has 36 heteroatoms. The molecule has 3 radical (unpaired) electrons. The van der Waals surface area contributed by atoms with Crippen LogP contribution < -0.4 is 146 Å². The van der Waals surface area contributed by atoms with E-state index in [4.69, 9.17) is 79.9 Å². The first kappa shape index (κ1) is 114. The van der Waals surface area contributed by atoms with Crippen LogP contribution >= 0.6 is 67.6 Å². The average Bonchev–Trinajstić information content (AvgIpc) is 3.27. The number of halogens is 5.